The van der Waals surface area contributed by atoms with E-state index in [1.807, 2.05) is 0 Å². The lowest BCUT2D eigenvalue weighted by atomic mass is 10.0. The fourth-order valence-electron chi connectivity index (χ4n) is 3.40. The Morgan fingerprint density at radius 1 is 1.06 bits per heavy atom. The summed E-state index contributed by atoms with van der Waals surface area (Å²) in [7, 11) is 0. The maximum Gasteiger partial charge on any atom is 0.288 e. The fourth-order valence-corrected chi connectivity index (χ4v) is 3.59. The van der Waals surface area contributed by atoms with E-state index in [0.717, 1.165) is 0 Å². The summed E-state index contributed by atoms with van der Waals surface area (Å²) in [5.74, 6) is -1.31. The minimum absolute atomic E-state index is 0.0408. The van der Waals surface area contributed by atoms with Gasteiger partial charge in [-0.3, -0.25) is 24.5 Å². The maximum atomic E-state index is 13.2. The van der Waals surface area contributed by atoms with Crippen LogP contribution < -0.4 is 16.3 Å². The third-order valence-corrected chi connectivity index (χ3v) is 5.45. The van der Waals surface area contributed by atoms with Gasteiger partial charge in [-0.2, -0.15) is 10.2 Å². The third kappa shape index (κ3) is 5.26. The van der Waals surface area contributed by atoms with Crippen LogP contribution >= 0.6 is 11.6 Å². The van der Waals surface area contributed by atoms with E-state index in [2.05, 4.69) is 26.0 Å². The number of hydrogen-bond donors (Lipinski definition) is 3. The van der Waals surface area contributed by atoms with Gasteiger partial charge >= 0.3 is 0 Å². The van der Waals surface area contributed by atoms with E-state index in [4.69, 9.17) is 11.6 Å². The highest BCUT2D eigenvalue weighted by Crippen LogP contribution is 2.24. The lowest BCUT2D eigenvalue weighted by Gasteiger charge is -2.18. The summed E-state index contributed by atoms with van der Waals surface area (Å²) in [6.07, 6.45) is 1.19. The van der Waals surface area contributed by atoms with Gasteiger partial charge in [0.25, 0.3) is 23.1 Å². The zero-order valence-electron chi connectivity index (χ0n) is 18.3. The Labute approximate surface area is 208 Å². The van der Waals surface area contributed by atoms with Crippen LogP contribution in [0.4, 0.5) is 5.69 Å². The number of amides is 2. The number of benzene rings is 3. The van der Waals surface area contributed by atoms with Gasteiger partial charge in [-0.15, -0.1) is 0 Å². The number of nitro groups is 1. The Morgan fingerprint density at radius 3 is 2.47 bits per heavy atom. The molecule has 12 heteroatoms. The molecule has 11 nitrogen and oxygen atoms in total. The second-order valence-electron chi connectivity index (χ2n) is 7.46. The lowest BCUT2D eigenvalue weighted by Crippen LogP contribution is -2.40. The first-order chi connectivity index (χ1) is 17.3. The van der Waals surface area contributed by atoms with Crippen LogP contribution in [0.1, 0.15) is 27.7 Å². The van der Waals surface area contributed by atoms with Crippen LogP contribution in [0.15, 0.2) is 82.7 Å². The highest BCUT2D eigenvalue weighted by molar-refractivity contribution is 6.32. The second kappa shape index (κ2) is 10.6. The number of fused-ring (bicyclic) bond motifs is 1. The SMILES string of the molecule is O=C(NC(C(=O)NN=Cc1ccc(Cl)c([N+](=O)[O-])c1)c1n[nH]c(=O)c2ccccc12)c1ccccc1. The molecule has 1 heterocycles. The topological polar surface area (TPSA) is 159 Å². The van der Waals surface area contributed by atoms with Gasteiger partial charge in [-0.05, 0) is 24.3 Å². The number of carbonyl (C=O) groups is 2. The maximum absolute atomic E-state index is 13.2. The summed E-state index contributed by atoms with van der Waals surface area (Å²) in [6, 6.07) is 17.4. The monoisotopic (exact) mass is 504 g/mol. The molecule has 0 aliphatic rings. The molecule has 1 unspecified atom stereocenters. The molecule has 0 fully saturated rings. The number of nitrogens with zero attached hydrogens (tertiary/aromatic N) is 3. The number of halogens is 1. The van der Waals surface area contributed by atoms with E-state index < -0.39 is 28.3 Å². The van der Waals surface area contributed by atoms with Crippen LogP contribution in [0.25, 0.3) is 10.8 Å². The summed E-state index contributed by atoms with van der Waals surface area (Å²) in [6.45, 7) is 0. The van der Waals surface area contributed by atoms with Crippen molar-refractivity contribution in [2.24, 2.45) is 5.10 Å². The number of rotatable bonds is 7. The van der Waals surface area contributed by atoms with E-state index in [1.165, 1.54) is 24.4 Å². The first kappa shape index (κ1) is 24.2. The average Bonchev–Trinajstić information content (AvgIpc) is 2.89. The third-order valence-electron chi connectivity index (χ3n) is 5.13. The first-order valence-electron chi connectivity index (χ1n) is 10.4. The summed E-state index contributed by atoms with van der Waals surface area (Å²) in [5.41, 5.74) is 2.26. The Balaban J connectivity index is 1.66. The zero-order valence-corrected chi connectivity index (χ0v) is 19.1. The standard InChI is InChI=1S/C24H17ClN6O5/c25-18-11-10-14(12-19(18)31(35)36)13-26-29-24(34)21(27-22(32)15-6-2-1-3-7-15)20-16-8-4-5-9-17(16)23(33)30-28-20/h1-13,21H,(H,27,32)(H,29,34)(H,30,33). The minimum atomic E-state index is -1.34. The van der Waals surface area contributed by atoms with Crippen molar-refractivity contribution in [2.75, 3.05) is 0 Å². The summed E-state index contributed by atoms with van der Waals surface area (Å²) >= 11 is 5.81. The van der Waals surface area contributed by atoms with Crippen molar-refractivity contribution >= 4 is 46.1 Å². The quantitative estimate of drug-likeness (QED) is 0.199. The molecule has 4 aromatic rings. The van der Waals surface area contributed by atoms with Crippen LogP contribution in [0.5, 0.6) is 0 Å². The molecule has 3 N–H and O–H groups in total. The Kier molecular flexibility index (Phi) is 7.12. The van der Waals surface area contributed by atoms with E-state index in [0.29, 0.717) is 16.5 Å². The first-order valence-corrected chi connectivity index (χ1v) is 10.8. The summed E-state index contributed by atoms with van der Waals surface area (Å²) in [5, 5.41) is 24.5. The number of hydrazone groups is 1. The zero-order chi connectivity index (χ0) is 25.7. The number of aromatic nitrogens is 2. The molecule has 3 aromatic carbocycles. The lowest BCUT2D eigenvalue weighted by molar-refractivity contribution is -0.384. The highest BCUT2D eigenvalue weighted by Gasteiger charge is 2.27. The summed E-state index contributed by atoms with van der Waals surface area (Å²) in [4.78, 5) is 48.7. The Bertz CT molecular complexity index is 1550. The molecule has 0 radical (unpaired) electrons. The molecule has 0 bridgehead atoms. The van der Waals surface area contributed by atoms with Gasteiger partial charge < -0.3 is 5.32 Å². The molecule has 2 amide bonds. The van der Waals surface area contributed by atoms with E-state index >= 15 is 0 Å². The molecule has 0 saturated heterocycles. The predicted molar refractivity (Wildman–Crippen MR) is 133 cm³/mol. The van der Waals surface area contributed by atoms with Crippen molar-refractivity contribution in [3.05, 3.63) is 115 Å². The molecule has 0 saturated carbocycles. The van der Waals surface area contributed by atoms with Gasteiger partial charge in [-0.1, -0.05) is 54.1 Å². The molecule has 1 atom stereocenters. The van der Waals surface area contributed by atoms with Crippen LogP contribution in [0.2, 0.25) is 5.02 Å². The van der Waals surface area contributed by atoms with E-state index in [1.54, 1.807) is 54.6 Å². The van der Waals surface area contributed by atoms with Gasteiger partial charge in [0, 0.05) is 22.6 Å². The van der Waals surface area contributed by atoms with E-state index in [9.17, 15) is 24.5 Å². The van der Waals surface area contributed by atoms with Crippen molar-refractivity contribution in [2.45, 2.75) is 6.04 Å². The Hall–Kier alpha value is -4.90. The van der Waals surface area contributed by atoms with Crippen LogP contribution in [0, 0.1) is 10.1 Å². The number of H-pyrrole nitrogens is 1. The van der Waals surface area contributed by atoms with Gasteiger partial charge in [0.15, 0.2) is 6.04 Å². The minimum Gasteiger partial charge on any atom is -0.335 e. The molecule has 180 valence electrons. The molecular formula is C24H17ClN6O5. The molecule has 36 heavy (non-hydrogen) atoms. The van der Waals surface area contributed by atoms with Gasteiger partial charge in [-0.25, -0.2) is 10.5 Å². The number of nitrogens with one attached hydrogen (secondary N) is 3. The smallest absolute Gasteiger partial charge is 0.288 e. The van der Waals surface area contributed by atoms with Crippen LogP contribution in [-0.4, -0.2) is 33.1 Å². The molecule has 0 aliphatic carbocycles. The fraction of sp³-hybridized carbons (Fsp3) is 0.0417. The summed E-state index contributed by atoms with van der Waals surface area (Å²) < 4.78 is 0. The number of nitro benzene ring substituents is 1. The number of hydrogen-bond acceptors (Lipinski definition) is 7. The molecular weight excluding hydrogens is 488 g/mol. The van der Waals surface area contributed by atoms with Crippen LogP contribution in [-0.2, 0) is 4.79 Å². The average molecular weight is 505 g/mol. The van der Waals surface area contributed by atoms with Crippen molar-refractivity contribution in [3.63, 3.8) is 0 Å². The van der Waals surface area contributed by atoms with Crippen molar-refractivity contribution < 1.29 is 14.5 Å². The largest absolute Gasteiger partial charge is 0.335 e. The predicted octanol–water partition coefficient (Wildman–Crippen LogP) is 3.11. The van der Waals surface area contributed by atoms with E-state index in [-0.39, 0.29) is 21.8 Å². The molecule has 0 aliphatic heterocycles. The van der Waals surface area contributed by atoms with Crippen molar-refractivity contribution in [1.29, 1.82) is 0 Å². The van der Waals surface area contributed by atoms with Gasteiger partial charge in [0.05, 0.1) is 16.5 Å². The molecule has 4 rings (SSSR count). The normalized spacial score (nSPS) is 11.8. The molecule has 1 aromatic heterocycles. The molecule has 0 spiro atoms. The number of carbonyl (C=O) groups excluding carboxylic acids is 2. The van der Waals surface area contributed by atoms with Crippen molar-refractivity contribution in [3.8, 4) is 0 Å². The van der Waals surface area contributed by atoms with Gasteiger partial charge in [0.1, 0.15) is 10.7 Å². The Morgan fingerprint density at radius 2 is 1.75 bits per heavy atom. The van der Waals surface area contributed by atoms with Crippen LogP contribution in [0.3, 0.4) is 0 Å². The number of aromatic amines is 1. The highest BCUT2D eigenvalue weighted by atomic mass is 35.5. The van der Waals surface area contributed by atoms with Gasteiger partial charge in [0.2, 0.25) is 0 Å². The second-order valence-corrected chi connectivity index (χ2v) is 7.87. The van der Waals surface area contributed by atoms with Crippen molar-refractivity contribution in [1.82, 2.24) is 20.9 Å².